The molecule has 106 valence electrons. The first-order valence-electron chi connectivity index (χ1n) is 7.47. The topological polar surface area (TPSA) is 24.9 Å². The number of halogens is 1. The van der Waals surface area contributed by atoms with E-state index in [0.29, 0.717) is 12.0 Å². The van der Waals surface area contributed by atoms with Gasteiger partial charge in [-0.2, -0.15) is 0 Å². The summed E-state index contributed by atoms with van der Waals surface area (Å²) in [5.41, 5.74) is 1.03. The minimum absolute atomic E-state index is 0.300. The number of nitrogens with one attached hydrogen (secondary N) is 1. The van der Waals surface area contributed by atoms with E-state index in [1.54, 1.807) is 0 Å². The molecule has 4 atom stereocenters. The van der Waals surface area contributed by atoms with Gasteiger partial charge >= 0.3 is 0 Å². The Morgan fingerprint density at radius 3 is 2.79 bits per heavy atom. The molecule has 1 aliphatic rings. The van der Waals surface area contributed by atoms with Crippen molar-refractivity contribution in [3.63, 3.8) is 0 Å². The molecule has 0 aromatic carbocycles. The molecule has 1 fully saturated rings. The maximum Gasteiger partial charge on any atom is 0.0761 e. The van der Waals surface area contributed by atoms with Crippen LogP contribution in [-0.2, 0) is 0 Å². The zero-order chi connectivity index (χ0) is 13.8. The lowest BCUT2D eigenvalue weighted by molar-refractivity contribution is 0.170. The second-order valence-electron chi connectivity index (χ2n) is 5.93. The molecule has 1 N–H and O–H groups in total. The highest BCUT2D eigenvalue weighted by atomic mass is 35.5. The van der Waals surface area contributed by atoms with Crippen LogP contribution >= 0.6 is 11.6 Å². The Morgan fingerprint density at radius 2 is 2.16 bits per heavy atom. The van der Waals surface area contributed by atoms with Gasteiger partial charge in [-0.3, -0.25) is 4.98 Å². The molecule has 1 aromatic heterocycles. The highest BCUT2D eigenvalue weighted by Gasteiger charge is 2.32. The number of nitrogens with zero attached hydrogens (tertiary/aromatic N) is 1. The summed E-state index contributed by atoms with van der Waals surface area (Å²) in [6.07, 6.45) is 5.71. The fourth-order valence-electron chi connectivity index (χ4n) is 3.23. The second-order valence-corrected chi connectivity index (χ2v) is 6.34. The van der Waals surface area contributed by atoms with Gasteiger partial charge < -0.3 is 5.32 Å². The largest absolute Gasteiger partial charge is 0.309 e. The molecule has 0 amide bonds. The van der Waals surface area contributed by atoms with Gasteiger partial charge in [-0.1, -0.05) is 38.8 Å². The lowest BCUT2D eigenvalue weighted by Gasteiger charge is -2.37. The molecule has 0 spiro atoms. The summed E-state index contributed by atoms with van der Waals surface area (Å²) in [6.45, 7) is 7.85. The number of aromatic nitrogens is 1. The van der Waals surface area contributed by atoms with E-state index in [-0.39, 0.29) is 0 Å². The van der Waals surface area contributed by atoms with Crippen LogP contribution in [0.2, 0.25) is 5.02 Å². The maximum atomic E-state index is 6.34. The third-order valence-corrected chi connectivity index (χ3v) is 4.94. The van der Waals surface area contributed by atoms with Gasteiger partial charge in [0.1, 0.15) is 0 Å². The Kier molecular flexibility index (Phi) is 5.23. The van der Waals surface area contributed by atoms with Crippen molar-refractivity contribution >= 4 is 11.6 Å². The summed E-state index contributed by atoms with van der Waals surface area (Å²) >= 11 is 6.34. The van der Waals surface area contributed by atoms with E-state index in [1.807, 2.05) is 18.3 Å². The Morgan fingerprint density at radius 1 is 1.37 bits per heavy atom. The van der Waals surface area contributed by atoms with Crippen molar-refractivity contribution < 1.29 is 0 Å². The Bertz CT molecular complexity index is 407. The molecule has 2 rings (SSSR count). The van der Waals surface area contributed by atoms with Gasteiger partial charge in [-0.15, -0.1) is 0 Å². The first-order chi connectivity index (χ1) is 9.13. The van der Waals surface area contributed by atoms with Gasteiger partial charge in [0.25, 0.3) is 0 Å². The average molecular weight is 281 g/mol. The van der Waals surface area contributed by atoms with Crippen molar-refractivity contribution in [1.82, 2.24) is 10.3 Å². The van der Waals surface area contributed by atoms with Crippen molar-refractivity contribution in [1.29, 1.82) is 0 Å². The minimum atomic E-state index is 0.300. The van der Waals surface area contributed by atoms with Crippen molar-refractivity contribution in [3.8, 4) is 0 Å². The summed E-state index contributed by atoms with van der Waals surface area (Å²) in [5, 5.41) is 4.39. The van der Waals surface area contributed by atoms with E-state index in [9.17, 15) is 0 Å². The quantitative estimate of drug-likeness (QED) is 0.881. The highest BCUT2D eigenvalue weighted by Crippen LogP contribution is 2.40. The average Bonchev–Trinajstić information content (AvgIpc) is 2.40. The van der Waals surface area contributed by atoms with E-state index in [1.165, 1.54) is 19.3 Å². The van der Waals surface area contributed by atoms with Crippen molar-refractivity contribution in [3.05, 3.63) is 29.0 Å². The van der Waals surface area contributed by atoms with E-state index in [4.69, 9.17) is 11.6 Å². The molecule has 1 aliphatic carbocycles. The van der Waals surface area contributed by atoms with Gasteiger partial charge in [0, 0.05) is 6.20 Å². The molecule has 19 heavy (non-hydrogen) atoms. The summed E-state index contributed by atoms with van der Waals surface area (Å²) in [6, 6.07) is 4.15. The van der Waals surface area contributed by atoms with Gasteiger partial charge in [0.05, 0.1) is 16.8 Å². The van der Waals surface area contributed by atoms with Gasteiger partial charge in [-0.05, 0) is 49.3 Å². The monoisotopic (exact) mass is 280 g/mol. The first-order valence-corrected chi connectivity index (χ1v) is 7.85. The zero-order valence-electron chi connectivity index (χ0n) is 12.2. The van der Waals surface area contributed by atoms with Crippen LogP contribution in [0.1, 0.15) is 51.8 Å². The molecular weight excluding hydrogens is 256 g/mol. The second kappa shape index (κ2) is 6.71. The summed E-state index contributed by atoms with van der Waals surface area (Å²) in [7, 11) is 0. The number of pyridine rings is 1. The smallest absolute Gasteiger partial charge is 0.0761 e. The fraction of sp³-hybridized carbons (Fsp3) is 0.688. The molecule has 1 saturated carbocycles. The van der Waals surface area contributed by atoms with Crippen LogP contribution in [0.4, 0.5) is 0 Å². The number of hydrogen-bond donors (Lipinski definition) is 1. The van der Waals surface area contributed by atoms with Crippen LogP contribution in [0, 0.1) is 17.8 Å². The van der Waals surface area contributed by atoms with Crippen LogP contribution in [-0.4, -0.2) is 11.5 Å². The van der Waals surface area contributed by atoms with Crippen molar-refractivity contribution in [2.24, 2.45) is 17.8 Å². The molecule has 0 bridgehead atoms. The molecule has 1 heterocycles. The lowest BCUT2D eigenvalue weighted by atomic mass is 9.72. The van der Waals surface area contributed by atoms with Crippen LogP contribution in [0.15, 0.2) is 18.3 Å². The number of hydrogen-bond acceptors (Lipinski definition) is 2. The maximum absolute atomic E-state index is 6.34. The molecule has 0 aliphatic heterocycles. The predicted octanol–water partition coefficient (Wildman–Crippen LogP) is 4.46. The van der Waals surface area contributed by atoms with Crippen LogP contribution in [0.3, 0.4) is 0 Å². The third kappa shape index (κ3) is 3.49. The van der Waals surface area contributed by atoms with Crippen molar-refractivity contribution in [2.75, 3.05) is 6.54 Å². The van der Waals surface area contributed by atoms with Crippen LogP contribution < -0.4 is 5.32 Å². The van der Waals surface area contributed by atoms with Gasteiger partial charge in [0.15, 0.2) is 0 Å². The summed E-state index contributed by atoms with van der Waals surface area (Å²) in [5.74, 6) is 2.29. The van der Waals surface area contributed by atoms with E-state index in [2.05, 4.69) is 31.1 Å². The normalized spacial score (nSPS) is 29.2. The molecule has 0 radical (unpaired) electrons. The van der Waals surface area contributed by atoms with Gasteiger partial charge in [-0.25, -0.2) is 0 Å². The fourth-order valence-corrected chi connectivity index (χ4v) is 3.46. The molecule has 3 heteroatoms. The molecule has 2 nitrogen and oxygen atoms in total. The molecule has 4 unspecified atom stereocenters. The third-order valence-electron chi connectivity index (χ3n) is 4.62. The van der Waals surface area contributed by atoms with E-state index < -0.39 is 0 Å². The zero-order valence-corrected chi connectivity index (χ0v) is 13.0. The van der Waals surface area contributed by atoms with E-state index >= 15 is 0 Å². The SMILES string of the molecule is CCNC(c1ncccc1Cl)C1CCC(C)C(C)C1. The predicted molar refractivity (Wildman–Crippen MR) is 81.3 cm³/mol. The first kappa shape index (κ1) is 14.8. The summed E-state index contributed by atoms with van der Waals surface area (Å²) < 4.78 is 0. The Hall–Kier alpha value is -0.600. The van der Waals surface area contributed by atoms with Crippen molar-refractivity contribution in [2.45, 2.75) is 46.1 Å². The van der Waals surface area contributed by atoms with Gasteiger partial charge in [0.2, 0.25) is 0 Å². The Balaban J connectivity index is 2.19. The molecule has 0 saturated heterocycles. The highest BCUT2D eigenvalue weighted by molar-refractivity contribution is 6.31. The molecular formula is C16H25ClN2. The standard InChI is InChI=1S/C16H25ClN2/c1-4-18-15(16-14(17)6-5-9-19-16)13-8-7-11(2)12(3)10-13/h5-6,9,11-13,15,18H,4,7-8,10H2,1-3H3. The van der Waals surface area contributed by atoms with Crippen LogP contribution in [0.5, 0.6) is 0 Å². The summed E-state index contributed by atoms with van der Waals surface area (Å²) in [4.78, 5) is 4.52. The van der Waals surface area contributed by atoms with E-state index in [0.717, 1.165) is 29.1 Å². The molecule has 1 aromatic rings. The number of rotatable bonds is 4. The minimum Gasteiger partial charge on any atom is -0.309 e. The lowest BCUT2D eigenvalue weighted by Crippen LogP contribution is -2.34. The Labute approximate surface area is 122 Å². The van der Waals surface area contributed by atoms with Crippen LogP contribution in [0.25, 0.3) is 0 Å².